The number of nitrogens with two attached hydrogens (primary N) is 2. The Labute approximate surface area is 235 Å². The summed E-state index contributed by atoms with van der Waals surface area (Å²) in [4.78, 5) is 24.5. The minimum Gasteiger partial charge on any atom is -0.493 e. The van der Waals surface area contributed by atoms with Crippen molar-refractivity contribution in [2.75, 3.05) is 34.0 Å². The van der Waals surface area contributed by atoms with Gasteiger partial charge in [0.15, 0.2) is 11.5 Å². The van der Waals surface area contributed by atoms with E-state index in [2.05, 4.69) is 19.2 Å². The number of hydrogen-bond donors (Lipinski definition) is 4. The molecule has 0 aliphatic heterocycles. The number of primary amides is 1. The third-order valence-corrected chi connectivity index (χ3v) is 7.50. The number of hydrogen-bond acceptors (Lipinski definition) is 7. The van der Waals surface area contributed by atoms with Gasteiger partial charge in [-0.3, -0.25) is 9.59 Å². The molecular formula is C30H53N3O6. The first-order valence-corrected chi connectivity index (χ1v) is 14.0. The van der Waals surface area contributed by atoms with Gasteiger partial charge in [0.2, 0.25) is 11.8 Å². The highest BCUT2D eigenvalue weighted by Gasteiger charge is 2.32. The maximum Gasteiger partial charge on any atom is 0.224 e. The van der Waals surface area contributed by atoms with Crippen molar-refractivity contribution in [2.24, 2.45) is 40.6 Å². The Morgan fingerprint density at radius 2 is 1.69 bits per heavy atom. The molecule has 0 radical (unpaired) electrons. The number of ether oxygens (including phenoxy) is 3. The summed E-state index contributed by atoms with van der Waals surface area (Å²) in [6, 6.07) is 5.47. The fourth-order valence-electron chi connectivity index (χ4n) is 4.39. The summed E-state index contributed by atoms with van der Waals surface area (Å²) in [5.74, 6) is 0.792. The Morgan fingerprint density at radius 3 is 2.23 bits per heavy atom. The van der Waals surface area contributed by atoms with Crippen LogP contribution in [-0.4, -0.2) is 63.0 Å². The average molecular weight is 552 g/mol. The van der Waals surface area contributed by atoms with Crippen molar-refractivity contribution in [1.82, 2.24) is 5.32 Å². The topological polar surface area (TPSA) is 146 Å². The number of methoxy groups -OCH3 is 2. The second kappa shape index (κ2) is 16.7. The van der Waals surface area contributed by atoms with Gasteiger partial charge < -0.3 is 36.1 Å². The molecule has 0 saturated carbocycles. The highest BCUT2D eigenvalue weighted by molar-refractivity contribution is 5.83. The van der Waals surface area contributed by atoms with Crippen LogP contribution in [0.4, 0.5) is 0 Å². The molecule has 1 aromatic carbocycles. The van der Waals surface area contributed by atoms with E-state index in [9.17, 15) is 14.7 Å². The number of nitrogens with one attached hydrogen (secondary N) is 1. The molecule has 2 amide bonds. The van der Waals surface area contributed by atoms with Gasteiger partial charge in [0.25, 0.3) is 0 Å². The Balaban J connectivity index is 2.87. The van der Waals surface area contributed by atoms with Crippen LogP contribution in [0.1, 0.15) is 66.4 Å². The molecule has 1 rings (SSSR count). The van der Waals surface area contributed by atoms with Gasteiger partial charge in [0.05, 0.1) is 25.2 Å². The molecule has 0 fully saturated rings. The van der Waals surface area contributed by atoms with Gasteiger partial charge in [0, 0.05) is 38.6 Å². The van der Waals surface area contributed by atoms with Crippen LogP contribution < -0.4 is 26.3 Å². The fraction of sp³-hybridized carbons (Fsp3) is 0.733. The summed E-state index contributed by atoms with van der Waals surface area (Å²) in [7, 11) is 3.29. The van der Waals surface area contributed by atoms with Crippen LogP contribution >= 0.6 is 0 Å². The van der Waals surface area contributed by atoms with Gasteiger partial charge in [-0.15, -0.1) is 0 Å². The number of carbonyl (C=O) groups excluding carboxylic acids is 2. The highest BCUT2D eigenvalue weighted by atomic mass is 16.5. The van der Waals surface area contributed by atoms with E-state index in [0.29, 0.717) is 37.1 Å². The Bertz CT molecular complexity index is 889. The Kier molecular flexibility index (Phi) is 14.8. The molecule has 2 unspecified atom stereocenters. The van der Waals surface area contributed by atoms with Gasteiger partial charge in [0.1, 0.15) is 0 Å². The lowest BCUT2D eigenvalue weighted by Gasteiger charge is -2.30. The molecule has 0 saturated heterocycles. The predicted molar refractivity (Wildman–Crippen MR) is 155 cm³/mol. The molecule has 0 aliphatic carbocycles. The van der Waals surface area contributed by atoms with Crippen molar-refractivity contribution in [3.8, 4) is 11.5 Å². The minimum atomic E-state index is -0.854. The number of benzene rings is 1. The SMILES string of the molecule is COCCCOc1cc(C[C@@H](C[C@H](N)C(O)CC(C(=O)NCC(C)(C)C(N)=O)C(C)C)C(C)C)ccc1OC. The Hall–Kier alpha value is -2.36. The highest BCUT2D eigenvalue weighted by Crippen LogP contribution is 2.32. The number of aliphatic hydroxyl groups is 1. The maximum atomic E-state index is 12.9. The van der Waals surface area contributed by atoms with Crippen LogP contribution in [-0.2, 0) is 20.7 Å². The van der Waals surface area contributed by atoms with Gasteiger partial charge in [-0.2, -0.15) is 0 Å². The van der Waals surface area contributed by atoms with Crippen molar-refractivity contribution in [3.63, 3.8) is 0 Å². The molecule has 0 heterocycles. The van der Waals surface area contributed by atoms with Crippen molar-refractivity contribution in [2.45, 2.75) is 79.4 Å². The van der Waals surface area contributed by atoms with Crippen molar-refractivity contribution in [3.05, 3.63) is 23.8 Å². The molecule has 4 atom stereocenters. The van der Waals surface area contributed by atoms with E-state index in [4.69, 9.17) is 25.7 Å². The zero-order valence-electron chi connectivity index (χ0n) is 25.3. The fourth-order valence-corrected chi connectivity index (χ4v) is 4.39. The summed E-state index contributed by atoms with van der Waals surface area (Å²) >= 11 is 0. The zero-order chi connectivity index (χ0) is 29.8. The maximum absolute atomic E-state index is 12.9. The molecule has 9 heteroatoms. The molecule has 0 bridgehead atoms. The summed E-state index contributed by atoms with van der Waals surface area (Å²) < 4.78 is 16.5. The molecule has 0 aliphatic rings. The normalized spacial score (nSPS) is 15.1. The zero-order valence-corrected chi connectivity index (χ0v) is 25.3. The summed E-state index contributed by atoms with van der Waals surface area (Å²) in [5, 5.41) is 13.9. The monoisotopic (exact) mass is 551 g/mol. The lowest BCUT2D eigenvalue weighted by Crippen LogP contribution is -2.46. The summed E-state index contributed by atoms with van der Waals surface area (Å²) in [6.45, 7) is 12.9. The van der Waals surface area contributed by atoms with Crippen molar-refractivity contribution < 1.29 is 28.9 Å². The molecular weight excluding hydrogens is 498 g/mol. The Morgan fingerprint density at radius 1 is 1.03 bits per heavy atom. The van der Waals surface area contributed by atoms with E-state index in [1.807, 2.05) is 32.0 Å². The van der Waals surface area contributed by atoms with E-state index in [0.717, 1.165) is 18.4 Å². The second-order valence-electron chi connectivity index (χ2n) is 11.9. The van der Waals surface area contributed by atoms with Crippen LogP contribution in [0.15, 0.2) is 18.2 Å². The minimum absolute atomic E-state index is 0.00829. The quantitative estimate of drug-likeness (QED) is 0.193. The molecule has 0 aromatic heterocycles. The van der Waals surface area contributed by atoms with Crippen LogP contribution in [0.2, 0.25) is 0 Å². The summed E-state index contributed by atoms with van der Waals surface area (Å²) in [5.41, 5.74) is 12.2. The lowest BCUT2D eigenvalue weighted by atomic mass is 9.80. The van der Waals surface area contributed by atoms with Crippen LogP contribution in [0.5, 0.6) is 11.5 Å². The van der Waals surface area contributed by atoms with Gasteiger partial charge in [-0.1, -0.05) is 33.8 Å². The molecule has 1 aromatic rings. The first-order chi connectivity index (χ1) is 18.2. The first-order valence-electron chi connectivity index (χ1n) is 14.0. The van der Waals surface area contributed by atoms with Crippen LogP contribution in [0.3, 0.4) is 0 Å². The average Bonchev–Trinajstić information content (AvgIpc) is 2.87. The van der Waals surface area contributed by atoms with E-state index >= 15 is 0 Å². The first kappa shape index (κ1) is 34.7. The van der Waals surface area contributed by atoms with Gasteiger partial charge >= 0.3 is 0 Å². The largest absolute Gasteiger partial charge is 0.493 e. The molecule has 0 spiro atoms. The predicted octanol–water partition coefficient (Wildman–Crippen LogP) is 3.29. The molecule has 9 nitrogen and oxygen atoms in total. The lowest BCUT2D eigenvalue weighted by molar-refractivity contribution is -0.130. The van der Waals surface area contributed by atoms with Crippen LogP contribution in [0.25, 0.3) is 0 Å². The smallest absolute Gasteiger partial charge is 0.224 e. The van der Waals surface area contributed by atoms with E-state index in [1.54, 1.807) is 28.1 Å². The molecule has 224 valence electrons. The van der Waals surface area contributed by atoms with Gasteiger partial charge in [-0.25, -0.2) is 0 Å². The number of rotatable bonds is 19. The number of carbonyl (C=O) groups is 2. The van der Waals surface area contributed by atoms with E-state index < -0.39 is 29.4 Å². The van der Waals surface area contributed by atoms with E-state index in [-0.39, 0.29) is 30.7 Å². The number of aliphatic hydroxyl groups excluding tert-OH is 1. The number of amides is 2. The van der Waals surface area contributed by atoms with Crippen molar-refractivity contribution in [1.29, 1.82) is 0 Å². The van der Waals surface area contributed by atoms with Crippen molar-refractivity contribution >= 4 is 11.8 Å². The third kappa shape index (κ3) is 11.7. The van der Waals surface area contributed by atoms with Crippen LogP contribution in [0, 0.1) is 29.1 Å². The van der Waals surface area contributed by atoms with Gasteiger partial charge in [-0.05, 0) is 68.6 Å². The standard InChI is InChI=1S/C30H53N3O6/c1-19(2)22(14-21-10-11-26(38-8)27(15-21)39-13-9-12-37-7)16-24(31)25(34)17-23(20(3)4)28(35)33-18-30(5,6)29(32)36/h10-11,15,19-20,22-25,34H,9,12-14,16-18,31H2,1-8H3,(H2,32,36)(H,33,35)/t22-,23?,24-,25?/m0/s1. The summed E-state index contributed by atoms with van der Waals surface area (Å²) in [6.07, 6.45) is 1.56. The van der Waals surface area contributed by atoms with E-state index in [1.165, 1.54) is 0 Å². The second-order valence-corrected chi connectivity index (χ2v) is 11.9. The third-order valence-electron chi connectivity index (χ3n) is 7.50. The molecule has 6 N–H and O–H groups in total. The molecule has 39 heavy (non-hydrogen) atoms.